The molecule has 128 valence electrons. The lowest BCUT2D eigenvalue weighted by molar-refractivity contribution is 0.107. The Morgan fingerprint density at radius 1 is 1.29 bits per heavy atom. The number of benzene rings is 2. The van der Waals surface area contributed by atoms with Crippen LogP contribution in [0.5, 0.6) is 5.75 Å². The van der Waals surface area contributed by atoms with E-state index in [9.17, 15) is 8.42 Å². The van der Waals surface area contributed by atoms with Gasteiger partial charge in [0, 0.05) is 30.7 Å². The first-order valence-electron chi connectivity index (χ1n) is 7.54. The number of fused-ring (bicyclic) bond motifs is 1. The van der Waals surface area contributed by atoms with Gasteiger partial charge in [0.2, 0.25) is 10.0 Å². The van der Waals surface area contributed by atoms with E-state index < -0.39 is 16.1 Å². The molecule has 0 saturated heterocycles. The highest BCUT2D eigenvalue weighted by atomic mass is 35.5. The van der Waals surface area contributed by atoms with Gasteiger partial charge in [0.15, 0.2) is 0 Å². The lowest BCUT2D eigenvalue weighted by Gasteiger charge is -2.18. The number of hydrogen-bond acceptors (Lipinski definition) is 4. The molecule has 24 heavy (non-hydrogen) atoms. The molecule has 0 unspecified atom stereocenters. The van der Waals surface area contributed by atoms with Gasteiger partial charge >= 0.3 is 0 Å². The first-order chi connectivity index (χ1) is 11.5. The number of rotatable bonds is 6. The highest BCUT2D eigenvalue weighted by Crippen LogP contribution is 2.28. The summed E-state index contributed by atoms with van der Waals surface area (Å²) >= 11 is 6.16. The van der Waals surface area contributed by atoms with Crippen LogP contribution in [0.15, 0.2) is 47.4 Å². The number of hydrogen-bond donors (Lipinski definition) is 1. The van der Waals surface area contributed by atoms with E-state index in [0.29, 0.717) is 11.6 Å². The van der Waals surface area contributed by atoms with Crippen LogP contribution in [0, 0.1) is 0 Å². The van der Waals surface area contributed by atoms with Crippen molar-refractivity contribution in [2.24, 2.45) is 0 Å². The monoisotopic (exact) mass is 367 g/mol. The molecule has 1 atom stereocenters. The summed E-state index contributed by atoms with van der Waals surface area (Å²) in [6.45, 7) is 0.681. The molecule has 2 aromatic carbocycles. The Kier molecular flexibility index (Phi) is 5.10. The fraction of sp³-hybridized carbons (Fsp3) is 0.294. The Morgan fingerprint density at radius 2 is 2.08 bits per heavy atom. The molecule has 3 rings (SSSR count). The van der Waals surface area contributed by atoms with Gasteiger partial charge < -0.3 is 9.47 Å². The van der Waals surface area contributed by atoms with E-state index in [2.05, 4.69) is 4.72 Å². The summed E-state index contributed by atoms with van der Waals surface area (Å²) in [7, 11) is -2.11. The average molecular weight is 368 g/mol. The number of sulfonamides is 1. The zero-order chi connectivity index (χ0) is 17.2. The fourth-order valence-electron chi connectivity index (χ4n) is 2.66. The maximum Gasteiger partial charge on any atom is 0.240 e. The first-order valence-corrected chi connectivity index (χ1v) is 9.40. The molecule has 1 N–H and O–H groups in total. The average Bonchev–Trinajstić information content (AvgIpc) is 3.04. The molecule has 5 nitrogen and oxygen atoms in total. The molecule has 0 radical (unpaired) electrons. The van der Waals surface area contributed by atoms with Crippen molar-refractivity contribution in [3.63, 3.8) is 0 Å². The van der Waals surface area contributed by atoms with E-state index in [0.717, 1.165) is 23.3 Å². The second kappa shape index (κ2) is 7.11. The summed E-state index contributed by atoms with van der Waals surface area (Å²) in [5.41, 5.74) is 1.65. The molecule has 0 amide bonds. The topological polar surface area (TPSA) is 64.6 Å². The third-order valence-corrected chi connectivity index (χ3v) is 5.73. The van der Waals surface area contributed by atoms with Gasteiger partial charge in [-0.2, -0.15) is 0 Å². The maximum atomic E-state index is 12.5. The van der Waals surface area contributed by atoms with E-state index in [1.165, 1.54) is 7.11 Å². The summed E-state index contributed by atoms with van der Waals surface area (Å²) in [5.74, 6) is 0.750. The van der Waals surface area contributed by atoms with Crippen molar-refractivity contribution in [2.45, 2.75) is 17.4 Å². The predicted octanol–water partition coefficient (Wildman–Crippen LogP) is 2.94. The zero-order valence-corrected chi connectivity index (χ0v) is 14.7. The van der Waals surface area contributed by atoms with E-state index in [1.807, 2.05) is 18.2 Å². The van der Waals surface area contributed by atoms with Gasteiger partial charge in [0.25, 0.3) is 0 Å². The van der Waals surface area contributed by atoms with Crippen LogP contribution < -0.4 is 9.46 Å². The third-order valence-electron chi connectivity index (χ3n) is 3.97. The summed E-state index contributed by atoms with van der Waals surface area (Å²) in [6, 6.07) is 12.1. The Bertz CT molecular complexity index is 838. The van der Waals surface area contributed by atoms with Gasteiger partial charge in [0.1, 0.15) is 5.75 Å². The standard InChI is InChI=1S/C17H18ClNO4S/c1-22-17(14-4-2-3-5-15(14)18)11-19-24(20,21)13-6-7-16-12(10-13)8-9-23-16/h2-7,10,17,19H,8-9,11H2,1H3/t17-/m1/s1. The Morgan fingerprint density at radius 3 is 2.83 bits per heavy atom. The summed E-state index contributed by atoms with van der Waals surface area (Å²) < 4.78 is 38.4. The molecule has 1 heterocycles. The van der Waals surface area contributed by atoms with Crippen LogP contribution in [0.2, 0.25) is 5.02 Å². The highest BCUT2D eigenvalue weighted by molar-refractivity contribution is 7.89. The Labute approximate surface area is 146 Å². The van der Waals surface area contributed by atoms with Gasteiger partial charge in [-0.15, -0.1) is 0 Å². The quantitative estimate of drug-likeness (QED) is 0.852. The van der Waals surface area contributed by atoms with Crippen LogP contribution in [0.25, 0.3) is 0 Å². The van der Waals surface area contributed by atoms with Crippen molar-refractivity contribution in [1.29, 1.82) is 0 Å². The molecule has 0 fully saturated rings. The van der Waals surface area contributed by atoms with Crippen LogP contribution in [0.3, 0.4) is 0 Å². The minimum atomic E-state index is -3.64. The molecule has 0 spiro atoms. The molecule has 0 aliphatic carbocycles. The van der Waals surface area contributed by atoms with Crippen molar-refractivity contribution < 1.29 is 17.9 Å². The van der Waals surface area contributed by atoms with Crippen molar-refractivity contribution in [2.75, 3.05) is 20.3 Å². The van der Waals surface area contributed by atoms with Crippen LogP contribution in [0.4, 0.5) is 0 Å². The summed E-state index contributed by atoms with van der Waals surface area (Å²) in [6.07, 6.45) is 0.255. The molecular weight excluding hydrogens is 350 g/mol. The van der Waals surface area contributed by atoms with Crippen LogP contribution in [-0.4, -0.2) is 28.7 Å². The molecule has 2 aromatic rings. The summed E-state index contributed by atoms with van der Waals surface area (Å²) in [5, 5.41) is 0.540. The number of methoxy groups -OCH3 is 1. The van der Waals surface area contributed by atoms with Crippen LogP contribution in [0.1, 0.15) is 17.2 Å². The summed E-state index contributed by atoms with van der Waals surface area (Å²) in [4.78, 5) is 0.223. The zero-order valence-electron chi connectivity index (χ0n) is 13.2. The lowest BCUT2D eigenvalue weighted by Crippen LogP contribution is -2.29. The number of ether oxygens (including phenoxy) is 2. The largest absolute Gasteiger partial charge is 0.493 e. The molecule has 1 aliphatic rings. The highest BCUT2D eigenvalue weighted by Gasteiger charge is 2.22. The third kappa shape index (κ3) is 3.57. The first kappa shape index (κ1) is 17.2. The van der Waals surface area contributed by atoms with Crippen molar-refractivity contribution in [3.8, 4) is 5.75 Å². The second-order valence-electron chi connectivity index (χ2n) is 5.47. The molecule has 7 heteroatoms. The van der Waals surface area contributed by atoms with E-state index in [4.69, 9.17) is 21.1 Å². The van der Waals surface area contributed by atoms with E-state index in [-0.39, 0.29) is 11.4 Å². The predicted molar refractivity (Wildman–Crippen MR) is 92.0 cm³/mol. The SMILES string of the molecule is CO[C@H](CNS(=O)(=O)c1ccc2c(c1)CCO2)c1ccccc1Cl. The van der Waals surface area contributed by atoms with E-state index >= 15 is 0 Å². The van der Waals surface area contributed by atoms with Gasteiger partial charge in [-0.1, -0.05) is 29.8 Å². The van der Waals surface area contributed by atoms with Gasteiger partial charge in [-0.3, -0.25) is 0 Å². The molecule has 0 aromatic heterocycles. The fourth-order valence-corrected chi connectivity index (χ4v) is 3.99. The minimum absolute atomic E-state index is 0.0934. The van der Waals surface area contributed by atoms with Crippen molar-refractivity contribution in [1.82, 2.24) is 4.72 Å². The van der Waals surface area contributed by atoms with Gasteiger partial charge in [0.05, 0.1) is 17.6 Å². The van der Waals surface area contributed by atoms with Gasteiger partial charge in [-0.25, -0.2) is 13.1 Å². The maximum absolute atomic E-state index is 12.5. The molecule has 0 saturated carbocycles. The number of nitrogens with one attached hydrogen (secondary N) is 1. The van der Waals surface area contributed by atoms with Crippen molar-refractivity contribution >= 4 is 21.6 Å². The Hall–Kier alpha value is -1.60. The lowest BCUT2D eigenvalue weighted by atomic mass is 10.1. The Balaban J connectivity index is 1.76. The molecule has 0 bridgehead atoms. The molecular formula is C17H18ClNO4S. The minimum Gasteiger partial charge on any atom is -0.493 e. The second-order valence-corrected chi connectivity index (χ2v) is 7.64. The van der Waals surface area contributed by atoms with Crippen LogP contribution >= 0.6 is 11.6 Å². The number of halogens is 1. The van der Waals surface area contributed by atoms with Gasteiger partial charge in [-0.05, 0) is 29.8 Å². The smallest absolute Gasteiger partial charge is 0.240 e. The van der Waals surface area contributed by atoms with E-state index in [1.54, 1.807) is 24.3 Å². The normalized spacial score (nSPS) is 14.9. The van der Waals surface area contributed by atoms with Crippen molar-refractivity contribution in [3.05, 3.63) is 58.6 Å². The molecule has 1 aliphatic heterocycles. The van der Waals surface area contributed by atoms with Crippen LogP contribution in [-0.2, 0) is 21.2 Å².